The van der Waals surface area contributed by atoms with Crippen LogP contribution in [0, 0.1) is 5.92 Å². The first-order valence-corrected chi connectivity index (χ1v) is 9.41. The lowest BCUT2D eigenvalue weighted by atomic mass is 10.2. The molecule has 0 aliphatic heterocycles. The normalized spacial score (nSPS) is 10.5. The summed E-state index contributed by atoms with van der Waals surface area (Å²) >= 11 is 0. The molecule has 3 aromatic carbocycles. The van der Waals surface area contributed by atoms with Gasteiger partial charge >= 0.3 is 0 Å². The minimum atomic E-state index is -0.180. The van der Waals surface area contributed by atoms with Gasteiger partial charge in [-0.05, 0) is 53.9 Å². The smallest absolute Gasteiger partial charge is 0.255 e. The Kier molecular flexibility index (Phi) is 6.68. The molecule has 0 atom stereocenters. The SMILES string of the molecule is CC(C)COc1ccc(NC(=O)c2cccc(OCc3ccccc3)c2)cc1. The van der Waals surface area contributed by atoms with E-state index < -0.39 is 0 Å². The van der Waals surface area contributed by atoms with Gasteiger partial charge in [-0.3, -0.25) is 4.79 Å². The predicted molar refractivity (Wildman–Crippen MR) is 112 cm³/mol. The van der Waals surface area contributed by atoms with E-state index in [1.165, 1.54) is 0 Å². The maximum Gasteiger partial charge on any atom is 0.255 e. The van der Waals surface area contributed by atoms with Gasteiger partial charge in [-0.25, -0.2) is 0 Å². The molecule has 0 saturated carbocycles. The fraction of sp³-hybridized carbons (Fsp3) is 0.208. The van der Waals surface area contributed by atoms with Crippen LogP contribution in [0.5, 0.6) is 11.5 Å². The van der Waals surface area contributed by atoms with Gasteiger partial charge in [0.25, 0.3) is 5.91 Å². The summed E-state index contributed by atoms with van der Waals surface area (Å²) in [6.45, 7) is 5.34. The molecule has 0 saturated heterocycles. The van der Waals surface area contributed by atoms with Crippen LogP contribution in [-0.4, -0.2) is 12.5 Å². The van der Waals surface area contributed by atoms with Crippen molar-refractivity contribution in [1.82, 2.24) is 0 Å². The molecule has 144 valence electrons. The third-order valence-corrected chi connectivity index (χ3v) is 4.04. The third kappa shape index (κ3) is 5.88. The van der Waals surface area contributed by atoms with E-state index in [9.17, 15) is 4.79 Å². The Balaban J connectivity index is 1.58. The van der Waals surface area contributed by atoms with Crippen molar-refractivity contribution in [2.45, 2.75) is 20.5 Å². The molecular formula is C24H25NO3. The minimum Gasteiger partial charge on any atom is -0.493 e. The summed E-state index contributed by atoms with van der Waals surface area (Å²) in [5, 5.41) is 2.90. The lowest BCUT2D eigenvalue weighted by molar-refractivity contribution is 0.102. The van der Waals surface area contributed by atoms with Crippen LogP contribution in [0.1, 0.15) is 29.8 Å². The van der Waals surface area contributed by atoms with Crippen LogP contribution in [-0.2, 0) is 6.61 Å². The van der Waals surface area contributed by atoms with Crippen LogP contribution in [0.4, 0.5) is 5.69 Å². The van der Waals surface area contributed by atoms with Gasteiger partial charge in [-0.2, -0.15) is 0 Å². The van der Waals surface area contributed by atoms with E-state index in [1.807, 2.05) is 66.7 Å². The van der Waals surface area contributed by atoms with Crippen molar-refractivity contribution in [3.63, 3.8) is 0 Å². The molecule has 3 rings (SSSR count). The van der Waals surface area contributed by atoms with Crippen molar-refractivity contribution in [3.05, 3.63) is 90.0 Å². The van der Waals surface area contributed by atoms with Crippen LogP contribution in [0.25, 0.3) is 0 Å². The van der Waals surface area contributed by atoms with Gasteiger partial charge in [-0.15, -0.1) is 0 Å². The number of hydrogen-bond donors (Lipinski definition) is 1. The van der Waals surface area contributed by atoms with Crippen LogP contribution in [0.15, 0.2) is 78.9 Å². The number of anilines is 1. The summed E-state index contributed by atoms with van der Waals surface area (Å²) < 4.78 is 11.5. The summed E-state index contributed by atoms with van der Waals surface area (Å²) in [4.78, 5) is 12.5. The monoisotopic (exact) mass is 375 g/mol. The molecule has 0 radical (unpaired) electrons. The molecule has 0 unspecified atom stereocenters. The van der Waals surface area contributed by atoms with Crippen molar-refractivity contribution >= 4 is 11.6 Å². The van der Waals surface area contributed by atoms with Crippen molar-refractivity contribution in [1.29, 1.82) is 0 Å². The molecule has 0 fully saturated rings. The molecule has 4 heteroatoms. The number of amides is 1. The second kappa shape index (κ2) is 9.60. The summed E-state index contributed by atoms with van der Waals surface area (Å²) in [6, 6.07) is 24.5. The Hall–Kier alpha value is -3.27. The summed E-state index contributed by atoms with van der Waals surface area (Å²) in [5.74, 6) is 1.74. The summed E-state index contributed by atoms with van der Waals surface area (Å²) in [7, 11) is 0. The van der Waals surface area contributed by atoms with Gasteiger partial charge < -0.3 is 14.8 Å². The average molecular weight is 375 g/mol. The average Bonchev–Trinajstić information content (AvgIpc) is 2.72. The van der Waals surface area contributed by atoms with E-state index in [1.54, 1.807) is 12.1 Å². The number of carbonyl (C=O) groups is 1. The minimum absolute atomic E-state index is 0.180. The zero-order chi connectivity index (χ0) is 19.8. The topological polar surface area (TPSA) is 47.6 Å². The summed E-state index contributed by atoms with van der Waals surface area (Å²) in [6.07, 6.45) is 0. The first-order chi connectivity index (χ1) is 13.6. The van der Waals surface area contributed by atoms with Gasteiger partial charge in [0.1, 0.15) is 18.1 Å². The summed E-state index contributed by atoms with van der Waals surface area (Å²) in [5.41, 5.74) is 2.35. The molecule has 1 N–H and O–H groups in total. The van der Waals surface area contributed by atoms with Gasteiger partial charge in [0.2, 0.25) is 0 Å². The maximum atomic E-state index is 12.5. The standard InChI is InChI=1S/C24H25NO3/c1-18(2)16-27-22-13-11-21(12-14-22)25-24(26)20-9-6-10-23(15-20)28-17-19-7-4-3-5-8-19/h3-15,18H,16-17H2,1-2H3,(H,25,26). The Bertz CT molecular complexity index is 889. The van der Waals surface area contributed by atoms with Gasteiger partial charge in [0.05, 0.1) is 6.61 Å². The van der Waals surface area contributed by atoms with Gasteiger partial charge in [-0.1, -0.05) is 50.2 Å². The molecule has 3 aromatic rings. The van der Waals surface area contributed by atoms with Crippen molar-refractivity contribution in [2.24, 2.45) is 5.92 Å². The largest absolute Gasteiger partial charge is 0.493 e. The van der Waals surface area contributed by atoms with E-state index in [0.717, 1.165) is 17.0 Å². The number of rotatable bonds is 8. The number of carbonyl (C=O) groups excluding carboxylic acids is 1. The fourth-order valence-electron chi connectivity index (χ4n) is 2.57. The lowest BCUT2D eigenvalue weighted by Gasteiger charge is -2.11. The molecule has 0 heterocycles. The molecule has 28 heavy (non-hydrogen) atoms. The van der Waals surface area contributed by atoms with E-state index in [4.69, 9.17) is 9.47 Å². The zero-order valence-corrected chi connectivity index (χ0v) is 16.2. The highest BCUT2D eigenvalue weighted by atomic mass is 16.5. The predicted octanol–water partition coefficient (Wildman–Crippen LogP) is 5.55. The van der Waals surface area contributed by atoms with Crippen LogP contribution in [0.3, 0.4) is 0 Å². The Labute approximate surface area is 166 Å². The van der Waals surface area contributed by atoms with E-state index in [-0.39, 0.29) is 5.91 Å². The highest BCUT2D eigenvalue weighted by Gasteiger charge is 2.08. The van der Waals surface area contributed by atoms with Crippen molar-refractivity contribution in [2.75, 3.05) is 11.9 Å². The van der Waals surface area contributed by atoms with Crippen molar-refractivity contribution < 1.29 is 14.3 Å². The molecule has 0 aromatic heterocycles. The first-order valence-electron chi connectivity index (χ1n) is 9.41. The van der Waals surface area contributed by atoms with E-state index in [2.05, 4.69) is 19.2 Å². The Morgan fingerprint density at radius 3 is 2.32 bits per heavy atom. The Morgan fingerprint density at radius 2 is 1.61 bits per heavy atom. The second-order valence-corrected chi connectivity index (χ2v) is 6.99. The molecule has 0 bridgehead atoms. The number of benzene rings is 3. The van der Waals surface area contributed by atoms with Crippen molar-refractivity contribution in [3.8, 4) is 11.5 Å². The maximum absolute atomic E-state index is 12.5. The highest BCUT2D eigenvalue weighted by Crippen LogP contribution is 2.19. The number of ether oxygens (including phenoxy) is 2. The molecule has 0 aliphatic carbocycles. The van der Waals surface area contributed by atoms with Crippen LogP contribution >= 0.6 is 0 Å². The highest BCUT2D eigenvalue weighted by molar-refractivity contribution is 6.04. The van der Waals surface area contributed by atoms with Gasteiger partial charge in [0.15, 0.2) is 0 Å². The first kappa shape index (κ1) is 19.5. The van der Waals surface area contributed by atoms with E-state index in [0.29, 0.717) is 30.4 Å². The zero-order valence-electron chi connectivity index (χ0n) is 16.2. The van der Waals surface area contributed by atoms with E-state index >= 15 is 0 Å². The number of nitrogens with one attached hydrogen (secondary N) is 1. The quantitative estimate of drug-likeness (QED) is 0.561. The molecule has 1 amide bonds. The van der Waals surface area contributed by atoms with Crippen LogP contribution in [0.2, 0.25) is 0 Å². The molecular weight excluding hydrogens is 350 g/mol. The number of hydrogen-bond acceptors (Lipinski definition) is 3. The van der Waals surface area contributed by atoms with Crippen LogP contribution < -0.4 is 14.8 Å². The third-order valence-electron chi connectivity index (χ3n) is 4.04. The molecule has 0 aliphatic rings. The molecule has 4 nitrogen and oxygen atoms in total. The fourth-order valence-corrected chi connectivity index (χ4v) is 2.57. The van der Waals surface area contributed by atoms with Gasteiger partial charge in [0, 0.05) is 11.3 Å². The molecule has 0 spiro atoms. The Morgan fingerprint density at radius 1 is 0.857 bits per heavy atom. The second-order valence-electron chi connectivity index (χ2n) is 6.99. The lowest BCUT2D eigenvalue weighted by Crippen LogP contribution is -2.12.